The summed E-state index contributed by atoms with van der Waals surface area (Å²) in [6, 6.07) is -1.29. The van der Waals surface area contributed by atoms with Crippen LogP contribution in [0.15, 0.2) is 0 Å². The molecule has 0 aliphatic carbocycles. The van der Waals surface area contributed by atoms with Gasteiger partial charge in [-0.1, -0.05) is 0 Å². The van der Waals surface area contributed by atoms with Crippen LogP contribution in [0, 0.1) is 0 Å². The van der Waals surface area contributed by atoms with Crippen LogP contribution in [0.3, 0.4) is 0 Å². The fourth-order valence-electron chi connectivity index (χ4n) is 0.275. The molecule has 0 spiro atoms. The lowest BCUT2D eigenvalue weighted by Crippen LogP contribution is -2.32. The summed E-state index contributed by atoms with van der Waals surface area (Å²) in [5.41, 5.74) is 4.84. The molecule has 0 saturated carbocycles. The van der Waals surface area contributed by atoms with Gasteiger partial charge >= 0.3 is 11.9 Å². The second kappa shape index (κ2) is 11.9. The largest absolute Gasteiger partial charge is 0.481 e. The van der Waals surface area contributed by atoms with E-state index < -0.39 is 36.3 Å². The number of rotatable bonds is 3. The van der Waals surface area contributed by atoms with Crippen LogP contribution in [-0.2, 0) is 19.2 Å². The van der Waals surface area contributed by atoms with Crippen LogP contribution in [0.5, 0.6) is 0 Å². The molecule has 0 bridgehead atoms. The highest BCUT2D eigenvalue weighted by atomic mass is 16.4. The lowest BCUT2D eigenvalue weighted by Gasteiger charge is -1.99. The Hall–Kier alpha value is -2.16. The summed E-state index contributed by atoms with van der Waals surface area (Å²) in [7, 11) is 0. The van der Waals surface area contributed by atoms with E-state index in [1.165, 1.54) is 0 Å². The normalized spacial score (nSPS) is 9.59. The Bertz CT molecular complexity index is 255. The number of carboxylic acids is 4. The Morgan fingerprint density at radius 2 is 1.18 bits per heavy atom. The molecule has 0 radical (unpaired) electrons. The molecule has 0 aromatic heterocycles. The lowest BCUT2D eigenvalue weighted by molar-refractivity contribution is -0.144. The van der Waals surface area contributed by atoms with Crippen LogP contribution in [0.2, 0.25) is 0 Å². The first-order valence-electron chi connectivity index (χ1n) is 4.09. The van der Waals surface area contributed by atoms with E-state index in [1.807, 2.05) is 0 Å². The third-order valence-corrected chi connectivity index (χ3v) is 0.712. The van der Waals surface area contributed by atoms with Crippen molar-refractivity contribution in [2.24, 2.45) is 5.73 Å². The molecule has 1 atom stereocenters. The Morgan fingerprint density at radius 3 is 1.24 bits per heavy atom. The zero-order chi connectivity index (χ0) is 14.6. The summed E-state index contributed by atoms with van der Waals surface area (Å²) in [6.07, 6.45) is -0.532. The van der Waals surface area contributed by atoms with Crippen LogP contribution < -0.4 is 5.73 Å². The zero-order valence-electron chi connectivity index (χ0n) is 9.28. The minimum absolute atomic E-state index is 0.532. The van der Waals surface area contributed by atoms with Crippen molar-refractivity contribution >= 4 is 23.9 Å². The highest BCUT2D eigenvalue weighted by Crippen LogP contribution is 1.86. The Balaban J connectivity index is -0.000000205. The summed E-state index contributed by atoms with van der Waals surface area (Å²) in [5, 5.41) is 30.9. The van der Waals surface area contributed by atoms with Gasteiger partial charge in [0.1, 0.15) is 6.04 Å². The number of hydrogen-bond acceptors (Lipinski definition) is 5. The SMILES string of the molecule is CC(=O)O.CC(=O)O.NC(CC(=O)O)C(=O)O. The minimum Gasteiger partial charge on any atom is -0.481 e. The van der Waals surface area contributed by atoms with E-state index in [0.717, 1.165) is 13.8 Å². The molecule has 0 aliphatic heterocycles. The van der Waals surface area contributed by atoms with Crippen molar-refractivity contribution in [2.45, 2.75) is 26.3 Å². The molecule has 0 aliphatic rings. The molecule has 0 aromatic carbocycles. The first kappa shape index (κ1) is 20.3. The molecular formula is C8H15NO8. The van der Waals surface area contributed by atoms with Crippen LogP contribution in [-0.4, -0.2) is 50.3 Å². The Kier molecular flexibility index (Phi) is 14.2. The number of aliphatic carboxylic acids is 4. The maximum Gasteiger partial charge on any atom is 0.321 e. The summed E-state index contributed by atoms with van der Waals surface area (Å²) in [5.74, 6) is -4.16. The number of nitrogens with two attached hydrogens (primary N) is 1. The Morgan fingerprint density at radius 1 is 0.941 bits per heavy atom. The van der Waals surface area contributed by atoms with Gasteiger partial charge in [-0.15, -0.1) is 0 Å². The summed E-state index contributed by atoms with van der Waals surface area (Å²) < 4.78 is 0. The van der Waals surface area contributed by atoms with Gasteiger partial charge in [-0.2, -0.15) is 0 Å². The van der Waals surface area contributed by atoms with Gasteiger partial charge in [-0.3, -0.25) is 19.2 Å². The molecule has 0 rings (SSSR count). The fraction of sp³-hybridized carbons (Fsp3) is 0.500. The van der Waals surface area contributed by atoms with Crippen molar-refractivity contribution in [3.8, 4) is 0 Å². The molecule has 0 amide bonds. The van der Waals surface area contributed by atoms with Gasteiger partial charge in [-0.25, -0.2) is 0 Å². The van der Waals surface area contributed by atoms with E-state index in [9.17, 15) is 9.59 Å². The first-order chi connectivity index (χ1) is 7.50. The maximum absolute atomic E-state index is 9.85. The van der Waals surface area contributed by atoms with Gasteiger partial charge in [-0.05, 0) is 0 Å². The van der Waals surface area contributed by atoms with E-state index in [2.05, 4.69) is 0 Å². The molecule has 100 valence electrons. The molecule has 17 heavy (non-hydrogen) atoms. The van der Waals surface area contributed by atoms with E-state index in [-0.39, 0.29) is 0 Å². The van der Waals surface area contributed by atoms with Gasteiger partial charge in [0.2, 0.25) is 0 Å². The summed E-state index contributed by atoms with van der Waals surface area (Å²) >= 11 is 0. The van der Waals surface area contributed by atoms with Crippen LogP contribution in [0.4, 0.5) is 0 Å². The predicted octanol–water partition coefficient (Wildman–Crippen LogP) is -0.945. The standard InChI is InChI=1S/C4H7NO4.2C2H4O2/c5-2(4(8)9)1-3(6)7;2*1-2(3)4/h2H,1,5H2,(H,6,7)(H,8,9);2*1H3,(H,3,4). The fourth-order valence-corrected chi connectivity index (χ4v) is 0.275. The summed E-state index contributed by atoms with van der Waals surface area (Å²) in [6.45, 7) is 2.17. The van der Waals surface area contributed by atoms with Crippen molar-refractivity contribution in [2.75, 3.05) is 0 Å². The van der Waals surface area contributed by atoms with Gasteiger partial charge in [0.05, 0.1) is 6.42 Å². The average molecular weight is 253 g/mol. The van der Waals surface area contributed by atoms with Gasteiger partial charge in [0.15, 0.2) is 0 Å². The minimum atomic E-state index is -1.29. The highest BCUT2D eigenvalue weighted by Gasteiger charge is 2.14. The third kappa shape index (κ3) is 56.9. The zero-order valence-corrected chi connectivity index (χ0v) is 9.28. The van der Waals surface area contributed by atoms with Gasteiger partial charge in [0, 0.05) is 13.8 Å². The predicted molar refractivity (Wildman–Crippen MR) is 54.5 cm³/mol. The second-order valence-corrected chi connectivity index (χ2v) is 2.58. The van der Waals surface area contributed by atoms with E-state index in [0.29, 0.717) is 0 Å². The molecule has 6 N–H and O–H groups in total. The van der Waals surface area contributed by atoms with Crippen molar-refractivity contribution in [1.82, 2.24) is 0 Å². The third-order valence-electron chi connectivity index (χ3n) is 0.712. The van der Waals surface area contributed by atoms with Gasteiger partial charge < -0.3 is 26.2 Å². The van der Waals surface area contributed by atoms with Crippen molar-refractivity contribution in [3.63, 3.8) is 0 Å². The molecule has 0 fully saturated rings. The average Bonchev–Trinajstić information content (AvgIpc) is 1.99. The lowest BCUT2D eigenvalue weighted by atomic mass is 10.2. The molecule has 9 nitrogen and oxygen atoms in total. The number of hydrogen-bond donors (Lipinski definition) is 5. The molecular weight excluding hydrogens is 238 g/mol. The van der Waals surface area contributed by atoms with E-state index >= 15 is 0 Å². The molecule has 1 unspecified atom stereocenters. The van der Waals surface area contributed by atoms with Crippen molar-refractivity contribution in [3.05, 3.63) is 0 Å². The maximum atomic E-state index is 9.85. The highest BCUT2D eigenvalue weighted by molar-refractivity contribution is 5.80. The molecule has 9 heteroatoms. The topological polar surface area (TPSA) is 175 Å². The number of carbonyl (C=O) groups is 4. The van der Waals surface area contributed by atoms with Gasteiger partial charge in [0.25, 0.3) is 11.9 Å². The quantitative estimate of drug-likeness (QED) is 0.424. The second-order valence-electron chi connectivity index (χ2n) is 2.58. The first-order valence-corrected chi connectivity index (χ1v) is 4.09. The van der Waals surface area contributed by atoms with E-state index in [1.54, 1.807) is 0 Å². The molecule has 0 aromatic rings. The smallest absolute Gasteiger partial charge is 0.321 e. The Labute approximate surface area is 96.5 Å². The van der Waals surface area contributed by atoms with Crippen molar-refractivity contribution < 1.29 is 39.6 Å². The van der Waals surface area contributed by atoms with Crippen molar-refractivity contribution in [1.29, 1.82) is 0 Å². The molecule has 0 saturated heterocycles. The van der Waals surface area contributed by atoms with Crippen LogP contribution in [0.25, 0.3) is 0 Å². The van der Waals surface area contributed by atoms with Crippen LogP contribution in [0.1, 0.15) is 20.3 Å². The molecule has 0 heterocycles. The van der Waals surface area contributed by atoms with E-state index in [4.69, 9.17) is 35.7 Å². The summed E-state index contributed by atoms with van der Waals surface area (Å²) in [4.78, 5) is 37.6. The van der Waals surface area contributed by atoms with Crippen LogP contribution >= 0.6 is 0 Å². The number of carboxylic acid groups (broad SMARTS) is 4. The monoisotopic (exact) mass is 253 g/mol.